The first kappa shape index (κ1) is 11.0. The first-order valence-electron chi connectivity index (χ1n) is 3.39. The lowest BCUT2D eigenvalue weighted by Crippen LogP contribution is -2.02. The summed E-state index contributed by atoms with van der Waals surface area (Å²) >= 11 is 0. The van der Waals surface area contributed by atoms with E-state index in [0.29, 0.717) is 5.56 Å². The quantitative estimate of drug-likeness (QED) is 0.629. The zero-order valence-corrected chi connectivity index (χ0v) is 7.85. The summed E-state index contributed by atoms with van der Waals surface area (Å²) in [7, 11) is 1.38. The Morgan fingerprint density at radius 1 is 1.33 bits per heavy atom. The number of ether oxygens (including phenoxy) is 1. The second-order valence-electron chi connectivity index (χ2n) is 2.31. The Morgan fingerprint density at radius 2 is 1.92 bits per heavy atom. The highest BCUT2D eigenvalue weighted by Crippen LogP contribution is 2.07. The highest BCUT2D eigenvalue weighted by molar-refractivity contribution is 5.90. The minimum atomic E-state index is -0.275. The zero-order chi connectivity index (χ0) is 8.27. The average Bonchev–Trinajstić information content (AvgIpc) is 2.04. The topological polar surface area (TPSA) is 26.3 Å². The molecule has 66 valence electrons. The van der Waals surface area contributed by atoms with Crippen molar-refractivity contribution >= 4 is 18.4 Å². The molecule has 0 unspecified atom stereocenters. The number of hydrogen-bond donors (Lipinski definition) is 0. The Kier molecular flexibility index (Phi) is 4.37. The molecule has 1 aromatic carbocycles. The van der Waals surface area contributed by atoms with Crippen LogP contribution in [0.5, 0.6) is 0 Å². The summed E-state index contributed by atoms with van der Waals surface area (Å²) < 4.78 is 4.58. The smallest absolute Gasteiger partial charge is 0.338 e. The van der Waals surface area contributed by atoms with Crippen molar-refractivity contribution in [1.29, 1.82) is 0 Å². The molecule has 2 nitrogen and oxygen atoms in total. The number of benzene rings is 1. The van der Waals surface area contributed by atoms with Crippen LogP contribution in [-0.2, 0) is 4.74 Å². The molecule has 0 heterocycles. The van der Waals surface area contributed by atoms with Crippen molar-refractivity contribution in [2.45, 2.75) is 6.92 Å². The van der Waals surface area contributed by atoms with Crippen LogP contribution in [0.25, 0.3) is 0 Å². The Labute approximate surface area is 78.0 Å². The molecule has 1 rings (SSSR count). The maximum Gasteiger partial charge on any atom is 0.338 e. The predicted molar refractivity (Wildman–Crippen MR) is 49.8 cm³/mol. The molecule has 0 N–H and O–H groups in total. The number of esters is 1. The molecule has 12 heavy (non-hydrogen) atoms. The average molecular weight is 187 g/mol. The number of carbonyl (C=O) groups excluding carboxylic acids is 1. The van der Waals surface area contributed by atoms with Gasteiger partial charge in [-0.2, -0.15) is 0 Å². The molecule has 0 saturated carbocycles. The lowest BCUT2D eigenvalue weighted by atomic mass is 10.1. The Morgan fingerprint density at radius 3 is 2.42 bits per heavy atom. The number of hydrogen-bond acceptors (Lipinski definition) is 2. The van der Waals surface area contributed by atoms with E-state index in [1.165, 1.54) is 7.11 Å². The van der Waals surface area contributed by atoms with Gasteiger partial charge in [0.05, 0.1) is 12.7 Å². The van der Waals surface area contributed by atoms with Gasteiger partial charge in [0.1, 0.15) is 0 Å². The summed E-state index contributed by atoms with van der Waals surface area (Å²) in [5.74, 6) is -0.275. The van der Waals surface area contributed by atoms with Crippen LogP contribution < -0.4 is 0 Å². The van der Waals surface area contributed by atoms with Gasteiger partial charge in [-0.3, -0.25) is 0 Å². The van der Waals surface area contributed by atoms with E-state index in [1.54, 1.807) is 6.07 Å². The predicted octanol–water partition coefficient (Wildman–Crippen LogP) is 2.20. The van der Waals surface area contributed by atoms with Crippen LogP contribution in [0.3, 0.4) is 0 Å². The molecule has 0 spiro atoms. The molecule has 0 aliphatic heterocycles. The van der Waals surface area contributed by atoms with E-state index in [2.05, 4.69) is 4.74 Å². The fraction of sp³-hybridized carbons (Fsp3) is 0.222. The highest BCUT2D eigenvalue weighted by Gasteiger charge is 2.05. The first-order valence-corrected chi connectivity index (χ1v) is 3.39. The first-order chi connectivity index (χ1) is 5.25. The van der Waals surface area contributed by atoms with Gasteiger partial charge >= 0.3 is 5.97 Å². The van der Waals surface area contributed by atoms with Gasteiger partial charge in [-0.15, -0.1) is 12.4 Å². The third kappa shape index (κ3) is 2.24. The number of halogens is 1. The Bertz CT molecular complexity index is 271. The molecular formula is C9H11ClO2. The lowest BCUT2D eigenvalue weighted by Gasteiger charge is -2.00. The fourth-order valence-corrected chi connectivity index (χ4v) is 0.912. The van der Waals surface area contributed by atoms with Crippen molar-refractivity contribution in [3.63, 3.8) is 0 Å². The summed E-state index contributed by atoms with van der Waals surface area (Å²) in [5.41, 5.74) is 1.58. The monoisotopic (exact) mass is 186 g/mol. The summed E-state index contributed by atoms with van der Waals surface area (Å²) in [6.07, 6.45) is 0. The van der Waals surface area contributed by atoms with Crippen molar-refractivity contribution < 1.29 is 9.53 Å². The minimum absolute atomic E-state index is 0. The second-order valence-corrected chi connectivity index (χ2v) is 2.31. The Balaban J connectivity index is 0.00000121. The van der Waals surface area contributed by atoms with Crippen molar-refractivity contribution in [2.75, 3.05) is 7.11 Å². The molecule has 3 heteroatoms. The van der Waals surface area contributed by atoms with Gasteiger partial charge in [-0.1, -0.05) is 18.2 Å². The third-order valence-electron chi connectivity index (χ3n) is 1.55. The van der Waals surface area contributed by atoms with Gasteiger partial charge < -0.3 is 4.74 Å². The van der Waals surface area contributed by atoms with Crippen LogP contribution >= 0.6 is 12.4 Å². The van der Waals surface area contributed by atoms with Gasteiger partial charge in [0, 0.05) is 0 Å². The molecule has 0 fully saturated rings. The van der Waals surface area contributed by atoms with Gasteiger partial charge in [0.15, 0.2) is 0 Å². The van der Waals surface area contributed by atoms with Crippen LogP contribution in [0.1, 0.15) is 15.9 Å². The number of rotatable bonds is 1. The number of methoxy groups -OCH3 is 1. The van der Waals surface area contributed by atoms with Crippen LogP contribution in [0.2, 0.25) is 0 Å². The van der Waals surface area contributed by atoms with Crippen molar-refractivity contribution in [2.24, 2.45) is 0 Å². The molecular weight excluding hydrogens is 176 g/mol. The largest absolute Gasteiger partial charge is 0.465 e. The second kappa shape index (κ2) is 4.78. The van der Waals surface area contributed by atoms with E-state index < -0.39 is 0 Å². The number of aryl methyl sites for hydroxylation is 1. The summed E-state index contributed by atoms with van der Waals surface area (Å²) in [5, 5.41) is 0. The highest BCUT2D eigenvalue weighted by atomic mass is 35.5. The standard InChI is InChI=1S/C9H10O2.ClH/c1-7-5-3-4-6-8(7)9(10)11-2;/h3-6H,1-2H3;1H. The van der Waals surface area contributed by atoms with E-state index in [4.69, 9.17) is 0 Å². The molecule has 0 atom stereocenters. The summed E-state index contributed by atoms with van der Waals surface area (Å²) in [6, 6.07) is 7.34. The van der Waals surface area contributed by atoms with Crippen LogP contribution in [0.15, 0.2) is 24.3 Å². The normalized spacial score (nSPS) is 8.50. The third-order valence-corrected chi connectivity index (χ3v) is 1.55. The van der Waals surface area contributed by atoms with Crippen molar-refractivity contribution in [3.8, 4) is 0 Å². The Hall–Kier alpha value is -1.02. The molecule has 1 aromatic rings. The molecule has 0 aromatic heterocycles. The lowest BCUT2D eigenvalue weighted by molar-refractivity contribution is 0.0600. The van der Waals surface area contributed by atoms with Gasteiger partial charge in [0.25, 0.3) is 0 Å². The maximum absolute atomic E-state index is 11.0. The van der Waals surface area contributed by atoms with E-state index in [9.17, 15) is 4.79 Å². The van der Waals surface area contributed by atoms with Crippen LogP contribution in [0, 0.1) is 6.92 Å². The van der Waals surface area contributed by atoms with Crippen molar-refractivity contribution in [1.82, 2.24) is 0 Å². The molecule has 0 aliphatic carbocycles. The van der Waals surface area contributed by atoms with Gasteiger partial charge in [-0.25, -0.2) is 4.79 Å². The number of carbonyl (C=O) groups is 1. The van der Waals surface area contributed by atoms with E-state index >= 15 is 0 Å². The molecule has 0 saturated heterocycles. The minimum Gasteiger partial charge on any atom is -0.465 e. The fourth-order valence-electron chi connectivity index (χ4n) is 0.912. The van der Waals surface area contributed by atoms with Crippen LogP contribution in [0.4, 0.5) is 0 Å². The molecule has 0 amide bonds. The zero-order valence-electron chi connectivity index (χ0n) is 7.03. The van der Waals surface area contributed by atoms with Crippen LogP contribution in [-0.4, -0.2) is 13.1 Å². The van der Waals surface area contributed by atoms with Gasteiger partial charge in [-0.05, 0) is 18.6 Å². The van der Waals surface area contributed by atoms with Gasteiger partial charge in [0.2, 0.25) is 0 Å². The maximum atomic E-state index is 11.0. The van der Waals surface area contributed by atoms with E-state index in [0.717, 1.165) is 5.56 Å². The SMILES string of the molecule is COC(=O)c1ccccc1C.Cl. The van der Waals surface area contributed by atoms with E-state index in [1.807, 2.05) is 25.1 Å². The molecule has 0 bridgehead atoms. The van der Waals surface area contributed by atoms with Crippen molar-refractivity contribution in [3.05, 3.63) is 35.4 Å². The van der Waals surface area contributed by atoms with E-state index in [-0.39, 0.29) is 18.4 Å². The molecule has 0 aliphatic rings. The summed E-state index contributed by atoms with van der Waals surface area (Å²) in [6.45, 7) is 1.88. The summed E-state index contributed by atoms with van der Waals surface area (Å²) in [4.78, 5) is 11.0. The molecule has 0 radical (unpaired) electrons.